The molecule has 0 aromatic rings. The van der Waals surface area contributed by atoms with Crippen molar-refractivity contribution < 1.29 is 19.0 Å². The van der Waals surface area contributed by atoms with Gasteiger partial charge in [-0.15, -0.1) is 0 Å². The average Bonchev–Trinajstić information content (AvgIpc) is 3.08. The van der Waals surface area contributed by atoms with Gasteiger partial charge in [0, 0.05) is 33.3 Å². The normalized spacial score (nSPS) is 30.9. The maximum absolute atomic E-state index is 11.9. The van der Waals surface area contributed by atoms with E-state index >= 15 is 0 Å². The number of rotatable bonds is 7. The Bertz CT molecular complexity index is 400. The molecule has 24 heavy (non-hydrogen) atoms. The van der Waals surface area contributed by atoms with E-state index in [0.717, 1.165) is 51.9 Å². The molecule has 3 aliphatic rings. The average molecular weight is 340 g/mol. The van der Waals surface area contributed by atoms with Crippen LogP contribution in [0.2, 0.25) is 0 Å². The van der Waals surface area contributed by atoms with E-state index in [4.69, 9.17) is 14.2 Å². The maximum Gasteiger partial charge on any atom is 0.308 e. The zero-order valence-corrected chi connectivity index (χ0v) is 15.1. The Hall–Kier alpha value is -0.690. The highest BCUT2D eigenvalue weighted by Gasteiger charge is 2.39. The number of ether oxygens (including phenoxy) is 3. The Morgan fingerprint density at radius 2 is 1.71 bits per heavy atom. The third kappa shape index (κ3) is 4.28. The SMILES string of the molecule is CCOC(=O)C1CCC(OC(N2CCCC2)N2CC(OC)C2)CC1. The molecule has 0 bridgehead atoms. The molecule has 6 heteroatoms. The molecule has 6 nitrogen and oxygen atoms in total. The largest absolute Gasteiger partial charge is 0.466 e. The zero-order valence-electron chi connectivity index (χ0n) is 15.1. The Morgan fingerprint density at radius 3 is 2.29 bits per heavy atom. The molecule has 138 valence electrons. The van der Waals surface area contributed by atoms with E-state index in [1.807, 2.05) is 6.92 Å². The van der Waals surface area contributed by atoms with Crippen LogP contribution in [0, 0.1) is 5.92 Å². The van der Waals surface area contributed by atoms with Crippen molar-refractivity contribution in [1.29, 1.82) is 0 Å². The first-order valence-corrected chi connectivity index (χ1v) is 9.54. The Labute approximate surface area is 145 Å². The summed E-state index contributed by atoms with van der Waals surface area (Å²) in [6.45, 7) is 6.50. The third-order valence-corrected chi connectivity index (χ3v) is 5.58. The molecule has 0 N–H and O–H groups in total. The molecule has 0 amide bonds. The lowest BCUT2D eigenvalue weighted by Gasteiger charge is -2.47. The van der Waals surface area contributed by atoms with Crippen molar-refractivity contribution in [3.05, 3.63) is 0 Å². The first-order valence-electron chi connectivity index (χ1n) is 9.54. The molecular weight excluding hydrogens is 308 g/mol. The second-order valence-electron chi connectivity index (χ2n) is 7.24. The van der Waals surface area contributed by atoms with Gasteiger partial charge in [0.15, 0.2) is 6.35 Å². The summed E-state index contributed by atoms with van der Waals surface area (Å²) >= 11 is 0. The van der Waals surface area contributed by atoms with Gasteiger partial charge in [0.25, 0.3) is 0 Å². The monoisotopic (exact) mass is 340 g/mol. The van der Waals surface area contributed by atoms with Crippen LogP contribution in [0.3, 0.4) is 0 Å². The third-order valence-electron chi connectivity index (χ3n) is 5.58. The van der Waals surface area contributed by atoms with E-state index < -0.39 is 0 Å². The van der Waals surface area contributed by atoms with Crippen LogP contribution in [0.25, 0.3) is 0 Å². The van der Waals surface area contributed by atoms with Crippen LogP contribution >= 0.6 is 0 Å². The predicted octanol–water partition coefficient (Wildman–Crippen LogP) is 1.83. The molecule has 1 unspecified atom stereocenters. The number of methoxy groups -OCH3 is 1. The van der Waals surface area contributed by atoms with Crippen LogP contribution in [0.15, 0.2) is 0 Å². The Kier molecular flexibility index (Phi) is 6.49. The molecule has 1 saturated carbocycles. The molecule has 1 atom stereocenters. The van der Waals surface area contributed by atoms with Gasteiger partial charge in [-0.2, -0.15) is 0 Å². The fourth-order valence-electron chi connectivity index (χ4n) is 4.03. The van der Waals surface area contributed by atoms with Gasteiger partial charge in [-0.1, -0.05) is 0 Å². The van der Waals surface area contributed by atoms with E-state index in [9.17, 15) is 4.79 Å². The van der Waals surface area contributed by atoms with E-state index in [0.29, 0.717) is 12.7 Å². The van der Waals surface area contributed by atoms with Crippen molar-refractivity contribution in [3.63, 3.8) is 0 Å². The van der Waals surface area contributed by atoms with Crippen LogP contribution in [0.1, 0.15) is 45.4 Å². The van der Waals surface area contributed by atoms with Gasteiger partial charge in [-0.25, -0.2) is 0 Å². The van der Waals surface area contributed by atoms with Crippen molar-refractivity contribution >= 4 is 5.97 Å². The van der Waals surface area contributed by atoms with E-state index in [1.165, 1.54) is 12.8 Å². The first kappa shape index (κ1) is 18.1. The fraction of sp³-hybridized carbons (Fsp3) is 0.944. The van der Waals surface area contributed by atoms with Crippen LogP contribution in [-0.2, 0) is 19.0 Å². The number of carbonyl (C=O) groups is 1. The minimum absolute atomic E-state index is 0.0299. The lowest BCUT2D eigenvalue weighted by Crippen LogP contribution is -2.62. The number of nitrogens with zero attached hydrogens (tertiary/aromatic N) is 2. The standard InChI is InChI=1S/C18H32N2O4/c1-3-23-17(21)14-6-8-15(9-7-14)24-18(19-10-4-5-11-19)20-12-16(13-20)22-2/h14-16,18H,3-13H2,1-2H3. The summed E-state index contributed by atoms with van der Waals surface area (Å²) in [5.41, 5.74) is 0. The van der Waals surface area contributed by atoms with Crippen LogP contribution in [0.4, 0.5) is 0 Å². The molecule has 1 aliphatic carbocycles. The van der Waals surface area contributed by atoms with Gasteiger partial charge in [0.1, 0.15) is 0 Å². The second-order valence-corrected chi connectivity index (χ2v) is 7.24. The van der Waals surface area contributed by atoms with Gasteiger partial charge in [-0.3, -0.25) is 14.6 Å². The van der Waals surface area contributed by atoms with Gasteiger partial charge < -0.3 is 14.2 Å². The van der Waals surface area contributed by atoms with Gasteiger partial charge in [0.2, 0.25) is 0 Å². The van der Waals surface area contributed by atoms with Crippen LogP contribution in [-0.4, -0.2) is 74.2 Å². The topological polar surface area (TPSA) is 51.2 Å². The molecule has 3 fully saturated rings. The second kappa shape index (κ2) is 8.61. The molecule has 3 rings (SSSR count). The number of esters is 1. The molecule has 2 heterocycles. The van der Waals surface area contributed by atoms with Gasteiger partial charge in [0.05, 0.1) is 24.7 Å². The Morgan fingerprint density at radius 1 is 1.04 bits per heavy atom. The predicted molar refractivity (Wildman–Crippen MR) is 90.4 cm³/mol. The summed E-state index contributed by atoms with van der Waals surface area (Å²) in [6, 6.07) is 0. The van der Waals surface area contributed by atoms with Crippen LogP contribution < -0.4 is 0 Å². The summed E-state index contributed by atoms with van der Waals surface area (Å²) < 4.78 is 17.1. The first-order chi connectivity index (χ1) is 11.7. The number of likely N-dealkylation sites (tertiary alicyclic amines) is 2. The molecule has 0 aromatic carbocycles. The highest BCUT2D eigenvalue weighted by molar-refractivity contribution is 5.72. The number of carbonyl (C=O) groups excluding carboxylic acids is 1. The summed E-state index contributed by atoms with van der Waals surface area (Å²) in [6.07, 6.45) is 6.89. The Balaban J connectivity index is 1.49. The quantitative estimate of drug-likeness (QED) is 0.659. The molecule has 0 spiro atoms. The molecular formula is C18H32N2O4. The fourth-order valence-corrected chi connectivity index (χ4v) is 4.03. The molecule has 2 saturated heterocycles. The highest BCUT2D eigenvalue weighted by Crippen LogP contribution is 2.31. The number of hydrogen-bond donors (Lipinski definition) is 0. The maximum atomic E-state index is 11.9. The molecule has 2 aliphatic heterocycles. The van der Waals surface area contributed by atoms with Gasteiger partial charge in [-0.05, 0) is 45.4 Å². The van der Waals surface area contributed by atoms with Crippen molar-refractivity contribution in [3.8, 4) is 0 Å². The van der Waals surface area contributed by atoms with Crippen molar-refractivity contribution in [2.24, 2.45) is 5.92 Å². The van der Waals surface area contributed by atoms with E-state index in [-0.39, 0.29) is 24.3 Å². The summed E-state index contributed by atoms with van der Waals surface area (Å²) in [5.74, 6) is 0.0367. The van der Waals surface area contributed by atoms with Gasteiger partial charge >= 0.3 is 5.97 Å². The van der Waals surface area contributed by atoms with E-state index in [1.54, 1.807) is 7.11 Å². The van der Waals surface area contributed by atoms with Crippen molar-refractivity contribution in [2.75, 3.05) is 39.9 Å². The lowest BCUT2D eigenvalue weighted by molar-refractivity contribution is -0.222. The van der Waals surface area contributed by atoms with Crippen molar-refractivity contribution in [1.82, 2.24) is 9.80 Å². The smallest absolute Gasteiger partial charge is 0.308 e. The molecule has 0 aromatic heterocycles. The number of hydrogen-bond acceptors (Lipinski definition) is 6. The lowest BCUT2D eigenvalue weighted by atomic mass is 9.87. The minimum atomic E-state index is -0.0299. The van der Waals surface area contributed by atoms with Crippen molar-refractivity contribution in [2.45, 2.75) is 64.0 Å². The minimum Gasteiger partial charge on any atom is -0.466 e. The highest BCUT2D eigenvalue weighted by atomic mass is 16.5. The van der Waals surface area contributed by atoms with E-state index in [2.05, 4.69) is 9.80 Å². The summed E-state index contributed by atoms with van der Waals surface area (Å²) in [5, 5.41) is 0. The zero-order chi connectivity index (χ0) is 16.9. The summed E-state index contributed by atoms with van der Waals surface area (Å²) in [7, 11) is 1.78. The summed E-state index contributed by atoms with van der Waals surface area (Å²) in [4.78, 5) is 16.7. The molecule has 0 radical (unpaired) electrons. The van der Waals surface area contributed by atoms with Crippen LogP contribution in [0.5, 0.6) is 0 Å².